The molecule has 1 amide bonds. The topological polar surface area (TPSA) is 87.8 Å². The van der Waals surface area contributed by atoms with Crippen molar-refractivity contribution in [2.24, 2.45) is 0 Å². The van der Waals surface area contributed by atoms with Crippen LogP contribution in [-0.4, -0.2) is 21.9 Å². The molecule has 0 spiro atoms. The summed E-state index contributed by atoms with van der Waals surface area (Å²) in [6.45, 7) is -1.01. The number of carbonyl (C=O) groups is 1. The van der Waals surface area contributed by atoms with Gasteiger partial charge in [0.15, 0.2) is 5.82 Å². The van der Waals surface area contributed by atoms with Gasteiger partial charge < -0.3 is 9.88 Å². The molecule has 0 aliphatic rings. The highest BCUT2D eigenvalue weighted by atomic mass is 35.5. The van der Waals surface area contributed by atoms with Crippen LogP contribution in [0.25, 0.3) is 0 Å². The van der Waals surface area contributed by atoms with Gasteiger partial charge in [-0.2, -0.15) is 5.26 Å². The number of nitrogens with zero attached hydrogens (tertiary/aromatic N) is 3. The van der Waals surface area contributed by atoms with Crippen LogP contribution in [0.4, 0.5) is 18.9 Å². The van der Waals surface area contributed by atoms with Crippen molar-refractivity contribution < 1.29 is 18.0 Å². The summed E-state index contributed by atoms with van der Waals surface area (Å²) in [4.78, 5) is 28.0. The Morgan fingerprint density at radius 1 is 1.32 bits per heavy atom. The molecule has 3 rings (SSSR count). The first-order chi connectivity index (χ1) is 14.8. The molecule has 0 saturated heterocycles. The molecule has 0 saturated carbocycles. The highest BCUT2D eigenvalue weighted by molar-refractivity contribution is 7.18. The van der Waals surface area contributed by atoms with Crippen LogP contribution in [0.15, 0.2) is 41.5 Å². The van der Waals surface area contributed by atoms with Crippen molar-refractivity contribution in [3.63, 3.8) is 0 Å². The number of rotatable bonds is 4. The lowest BCUT2D eigenvalue weighted by Gasteiger charge is -2.09. The van der Waals surface area contributed by atoms with Crippen LogP contribution in [0.3, 0.4) is 0 Å². The summed E-state index contributed by atoms with van der Waals surface area (Å²) in [6.07, 6.45) is -0.504. The molecule has 3 aromatic heterocycles. The van der Waals surface area contributed by atoms with E-state index in [-0.39, 0.29) is 20.6 Å². The second-order valence-electron chi connectivity index (χ2n) is 5.97. The molecule has 0 bridgehead atoms. The van der Waals surface area contributed by atoms with E-state index in [1.54, 1.807) is 6.07 Å². The summed E-state index contributed by atoms with van der Waals surface area (Å²) in [5, 5.41) is 11.2. The fraction of sp³-hybridized carbons (Fsp3) is 0.100. The lowest BCUT2D eigenvalue weighted by atomic mass is 10.2. The highest BCUT2D eigenvalue weighted by Gasteiger charge is 2.16. The van der Waals surface area contributed by atoms with Crippen molar-refractivity contribution >= 4 is 34.5 Å². The molecular formula is C20H10ClF3N4O2S. The van der Waals surface area contributed by atoms with Crippen LogP contribution in [0.2, 0.25) is 4.34 Å². The van der Waals surface area contributed by atoms with Crippen LogP contribution in [0.5, 0.6) is 0 Å². The number of hydrogen-bond donors (Lipinski definition) is 1. The van der Waals surface area contributed by atoms with E-state index in [9.17, 15) is 22.8 Å². The monoisotopic (exact) mass is 462 g/mol. The van der Waals surface area contributed by atoms with Gasteiger partial charge in [-0.05, 0) is 18.2 Å². The molecule has 156 valence electrons. The van der Waals surface area contributed by atoms with Gasteiger partial charge in [-0.1, -0.05) is 23.4 Å². The minimum Gasteiger partial charge on any atom is -0.320 e. The zero-order chi connectivity index (χ0) is 22.5. The Morgan fingerprint density at radius 3 is 2.81 bits per heavy atom. The zero-order valence-electron chi connectivity index (χ0n) is 15.3. The number of hydrogen-bond acceptors (Lipinski definition) is 5. The van der Waals surface area contributed by atoms with Gasteiger partial charge in [-0.25, -0.2) is 18.2 Å². The van der Waals surface area contributed by atoms with E-state index < -0.39 is 30.3 Å². The fourth-order valence-electron chi connectivity index (χ4n) is 2.42. The number of halogens is 4. The predicted molar refractivity (Wildman–Crippen MR) is 109 cm³/mol. The number of anilines is 1. The summed E-state index contributed by atoms with van der Waals surface area (Å²) in [7, 11) is 0. The third-order valence-electron chi connectivity index (χ3n) is 3.76. The molecular weight excluding hydrogens is 453 g/mol. The van der Waals surface area contributed by atoms with Crippen LogP contribution in [-0.2, 0) is 6.54 Å². The number of aromatic nitrogens is 2. The van der Waals surface area contributed by atoms with Crippen molar-refractivity contribution in [3.8, 4) is 17.9 Å². The Morgan fingerprint density at radius 2 is 2.10 bits per heavy atom. The normalized spacial score (nSPS) is 10.3. The zero-order valence-corrected chi connectivity index (χ0v) is 16.9. The van der Waals surface area contributed by atoms with Gasteiger partial charge in [0.1, 0.15) is 16.1 Å². The fourth-order valence-corrected chi connectivity index (χ4v) is 3.50. The number of amides is 1. The molecule has 0 atom stereocenters. The number of nitrogens with one attached hydrogen (secondary N) is 1. The number of thiophene rings is 1. The van der Waals surface area contributed by atoms with Crippen molar-refractivity contribution in [2.75, 3.05) is 5.32 Å². The van der Waals surface area contributed by atoms with Crippen molar-refractivity contribution in [3.05, 3.63) is 78.9 Å². The molecule has 0 aliphatic heterocycles. The minimum absolute atomic E-state index is 0.133. The Hall–Kier alpha value is -3.60. The lowest BCUT2D eigenvalue weighted by molar-refractivity contribution is 0.103. The van der Waals surface area contributed by atoms with Gasteiger partial charge in [0.05, 0.1) is 22.7 Å². The number of pyridine rings is 2. The molecule has 0 aliphatic carbocycles. The van der Waals surface area contributed by atoms with Crippen LogP contribution < -0.4 is 10.9 Å². The maximum atomic E-state index is 13.7. The molecule has 3 aromatic rings. The quantitative estimate of drug-likeness (QED) is 0.596. The van der Waals surface area contributed by atoms with Gasteiger partial charge in [-0.3, -0.25) is 9.59 Å². The predicted octanol–water partition coefficient (Wildman–Crippen LogP) is 3.89. The van der Waals surface area contributed by atoms with E-state index >= 15 is 0 Å². The van der Waals surface area contributed by atoms with Gasteiger partial charge in [0, 0.05) is 24.0 Å². The van der Waals surface area contributed by atoms with Crippen molar-refractivity contribution in [1.29, 1.82) is 5.26 Å². The Bertz CT molecular complexity index is 1320. The molecule has 11 heteroatoms. The Kier molecular flexibility index (Phi) is 6.75. The van der Waals surface area contributed by atoms with E-state index in [1.807, 2.05) is 6.07 Å². The summed E-state index contributed by atoms with van der Waals surface area (Å²) in [5.74, 6) is 3.64. The van der Waals surface area contributed by atoms with E-state index in [2.05, 4.69) is 22.1 Å². The third kappa shape index (κ3) is 5.51. The summed E-state index contributed by atoms with van der Waals surface area (Å²) in [6, 6.07) is 7.14. The van der Waals surface area contributed by atoms with E-state index in [1.165, 1.54) is 18.3 Å². The standard InChI is InChI=1S/C20H10ClF3N4O2S/c21-18-12(2-1-11-3-4-26-13(5-11)8-25)6-16(31-18)19(29)27-14-7-15(22)20(30)28(9-14)10-17(23)24/h3-7,9,17H,10H2,(H,27,29). The molecule has 1 N–H and O–H groups in total. The largest absolute Gasteiger partial charge is 0.320 e. The SMILES string of the molecule is N#Cc1cc(C#Cc2cc(C(=O)Nc3cc(F)c(=O)n(CC(F)F)c3)sc2Cl)ccn1. The van der Waals surface area contributed by atoms with Crippen molar-refractivity contribution in [1.82, 2.24) is 9.55 Å². The highest BCUT2D eigenvalue weighted by Crippen LogP contribution is 2.28. The first-order valence-electron chi connectivity index (χ1n) is 8.44. The average molecular weight is 463 g/mol. The molecule has 6 nitrogen and oxygen atoms in total. The summed E-state index contributed by atoms with van der Waals surface area (Å²) < 4.78 is 39.6. The molecule has 31 heavy (non-hydrogen) atoms. The molecule has 0 fully saturated rings. The van der Waals surface area contributed by atoms with Crippen molar-refractivity contribution in [2.45, 2.75) is 13.0 Å². The van der Waals surface area contributed by atoms with Gasteiger partial charge >= 0.3 is 0 Å². The average Bonchev–Trinajstić information content (AvgIpc) is 3.10. The maximum Gasteiger partial charge on any atom is 0.286 e. The lowest BCUT2D eigenvalue weighted by Crippen LogP contribution is -2.26. The summed E-state index contributed by atoms with van der Waals surface area (Å²) >= 11 is 7.04. The van der Waals surface area contributed by atoms with E-state index in [4.69, 9.17) is 16.9 Å². The van der Waals surface area contributed by atoms with Crippen LogP contribution in [0, 0.1) is 29.0 Å². The van der Waals surface area contributed by atoms with Crippen LogP contribution in [0.1, 0.15) is 26.5 Å². The van der Waals surface area contributed by atoms with Gasteiger partial charge in [0.25, 0.3) is 17.9 Å². The van der Waals surface area contributed by atoms with Gasteiger partial charge in [0.2, 0.25) is 0 Å². The van der Waals surface area contributed by atoms with E-state index in [0.717, 1.165) is 23.6 Å². The third-order valence-corrected chi connectivity index (χ3v) is 5.12. The molecule has 3 heterocycles. The molecule has 0 radical (unpaired) electrons. The van der Waals surface area contributed by atoms with Crippen LogP contribution >= 0.6 is 22.9 Å². The Balaban J connectivity index is 1.82. The number of carbonyl (C=O) groups excluding carboxylic acids is 1. The maximum absolute atomic E-state index is 13.7. The molecule has 0 unspecified atom stereocenters. The Labute approximate surface area is 182 Å². The smallest absolute Gasteiger partial charge is 0.286 e. The minimum atomic E-state index is -2.87. The number of nitriles is 1. The van der Waals surface area contributed by atoms with E-state index in [0.29, 0.717) is 15.7 Å². The summed E-state index contributed by atoms with van der Waals surface area (Å²) in [5.41, 5.74) is -0.312. The van der Waals surface area contributed by atoms with Gasteiger partial charge in [-0.15, -0.1) is 11.3 Å². The first kappa shape index (κ1) is 22.1. The second kappa shape index (κ2) is 9.47. The molecule has 0 aromatic carbocycles. The number of alkyl halides is 2. The first-order valence-corrected chi connectivity index (χ1v) is 9.63. The second-order valence-corrected chi connectivity index (χ2v) is 7.62.